The molecule has 0 saturated heterocycles. The van der Waals surface area contributed by atoms with Crippen molar-refractivity contribution in [1.82, 2.24) is 15.6 Å². The maximum atomic E-state index is 11.2. The van der Waals surface area contributed by atoms with Gasteiger partial charge in [-0.15, -0.1) is 0 Å². The quantitative estimate of drug-likeness (QED) is 0.691. The van der Waals surface area contributed by atoms with Crippen LogP contribution in [0, 0.1) is 0 Å². The van der Waals surface area contributed by atoms with Crippen LogP contribution in [-0.2, 0) is 11.2 Å². The number of hydrogen-bond donors (Lipinski definition) is 3. The number of carbonyl (C=O) groups is 2. The summed E-state index contributed by atoms with van der Waals surface area (Å²) in [6.07, 6.45) is 4.06. The molecule has 2 amide bonds. The highest BCUT2D eigenvalue weighted by Gasteiger charge is 2.12. The summed E-state index contributed by atoms with van der Waals surface area (Å²) < 4.78 is 0. The fourth-order valence-corrected chi connectivity index (χ4v) is 1.18. The van der Waals surface area contributed by atoms with Crippen LogP contribution in [0.3, 0.4) is 0 Å². The Balaban J connectivity index is 2.23. The molecule has 0 aliphatic carbocycles. The third kappa shape index (κ3) is 4.96. The van der Waals surface area contributed by atoms with Gasteiger partial charge >= 0.3 is 12.0 Å². The van der Waals surface area contributed by atoms with Crippen LogP contribution in [0.1, 0.15) is 12.5 Å². The molecule has 92 valence electrons. The number of nitrogens with zero attached hydrogens (tertiary/aromatic N) is 1. The van der Waals surface area contributed by atoms with Crippen LogP contribution in [0.5, 0.6) is 0 Å². The van der Waals surface area contributed by atoms with Crippen molar-refractivity contribution in [2.24, 2.45) is 0 Å². The molecule has 0 aliphatic rings. The fourth-order valence-electron chi connectivity index (χ4n) is 1.18. The number of carbonyl (C=O) groups excluding carboxylic acids is 1. The summed E-state index contributed by atoms with van der Waals surface area (Å²) in [5.41, 5.74) is 1.01. The van der Waals surface area contributed by atoms with E-state index in [1.54, 1.807) is 12.4 Å². The van der Waals surface area contributed by atoms with Gasteiger partial charge in [0.15, 0.2) is 0 Å². The second kappa shape index (κ2) is 6.47. The van der Waals surface area contributed by atoms with Crippen molar-refractivity contribution < 1.29 is 14.7 Å². The average Bonchev–Trinajstić information content (AvgIpc) is 2.30. The van der Waals surface area contributed by atoms with Gasteiger partial charge in [-0.05, 0) is 25.0 Å². The molecule has 0 aliphatic heterocycles. The molecule has 1 atom stereocenters. The fraction of sp³-hybridized carbons (Fsp3) is 0.364. The second-order valence-electron chi connectivity index (χ2n) is 3.57. The van der Waals surface area contributed by atoms with Gasteiger partial charge in [-0.3, -0.25) is 9.78 Å². The molecule has 1 aromatic heterocycles. The SMILES string of the molecule is C[C@@H](NC(=O)NCCc1cccnc1)C(=O)O. The van der Waals surface area contributed by atoms with Gasteiger partial charge in [0.2, 0.25) is 0 Å². The van der Waals surface area contributed by atoms with Crippen LogP contribution < -0.4 is 10.6 Å². The number of aliphatic carboxylic acids is 1. The summed E-state index contributed by atoms with van der Waals surface area (Å²) in [6, 6.07) is 2.35. The minimum atomic E-state index is -1.06. The third-order valence-corrected chi connectivity index (χ3v) is 2.14. The monoisotopic (exact) mass is 237 g/mol. The Morgan fingerprint density at radius 2 is 2.29 bits per heavy atom. The Kier molecular flexibility index (Phi) is 4.93. The Bertz CT molecular complexity index is 381. The summed E-state index contributed by atoms with van der Waals surface area (Å²) in [4.78, 5) is 25.7. The van der Waals surface area contributed by atoms with Crippen molar-refractivity contribution in [3.05, 3.63) is 30.1 Å². The molecule has 0 fully saturated rings. The zero-order chi connectivity index (χ0) is 12.7. The van der Waals surface area contributed by atoms with Crippen molar-refractivity contribution >= 4 is 12.0 Å². The number of rotatable bonds is 5. The highest BCUT2D eigenvalue weighted by Crippen LogP contribution is 1.95. The molecule has 17 heavy (non-hydrogen) atoms. The first-order chi connectivity index (χ1) is 8.09. The average molecular weight is 237 g/mol. The van der Waals surface area contributed by atoms with Gasteiger partial charge in [-0.1, -0.05) is 6.07 Å². The van der Waals surface area contributed by atoms with Crippen molar-refractivity contribution in [1.29, 1.82) is 0 Å². The lowest BCUT2D eigenvalue weighted by Crippen LogP contribution is -2.44. The third-order valence-electron chi connectivity index (χ3n) is 2.14. The number of carboxylic acids is 1. The van der Waals surface area contributed by atoms with Gasteiger partial charge in [0.1, 0.15) is 6.04 Å². The molecule has 3 N–H and O–H groups in total. The predicted octanol–water partition coefficient (Wildman–Crippen LogP) is 0.396. The van der Waals surface area contributed by atoms with Crippen LogP contribution >= 0.6 is 0 Å². The lowest BCUT2D eigenvalue weighted by molar-refractivity contribution is -0.138. The largest absolute Gasteiger partial charge is 0.480 e. The Morgan fingerprint density at radius 3 is 2.88 bits per heavy atom. The molecular formula is C11H15N3O3. The summed E-state index contributed by atoms with van der Waals surface area (Å²) in [7, 11) is 0. The van der Waals surface area contributed by atoms with E-state index in [2.05, 4.69) is 15.6 Å². The number of pyridine rings is 1. The first-order valence-electron chi connectivity index (χ1n) is 5.25. The van der Waals surface area contributed by atoms with E-state index in [1.807, 2.05) is 12.1 Å². The smallest absolute Gasteiger partial charge is 0.325 e. The maximum Gasteiger partial charge on any atom is 0.325 e. The second-order valence-corrected chi connectivity index (χ2v) is 3.57. The number of nitrogens with one attached hydrogen (secondary N) is 2. The van der Waals surface area contributed by atoms with Crippen LogP contribution in [0.2, 0.25) is 0 Å². The Morgan fingerprint density at radius 1 is 1.53 bits per heavy atom. The van der Waals surface area contributed by atoms with Crippen LogP contribution in [0.4, 0.5) is 4.79 Å². The highest BCUT2D eigenvalue weighted by molar-refractivity contribution is 5.82. The minimum absolute atomic E-state index is 0.434. The summed E-state index contributed by atoms with van der Waals surface area (Å²) in [5, 5.41) is 13.5. The Hall–Kier alpha value is -2.11. The van der Waals surface area contributed by atoms with Gasteiger partial charge in [0.05, 0.1) is 0 Å². The topological polar surface area (TPSA) is 91.3 Å². The highest BCUT2D eigenvalue weighted by atomic mass is 16.4. The molecule has 1 aromatic rings. The van der Waals surface area contributed by atoms with Crippen molar-refractivity contribution in [2.45, 2.75) is 19.4 Å². The molecule has 0 aromatic carbocycles. The number of amides is 2. The van der Waals surface area contributed by atoms with E-state index < -0.39 is 18.0 Å². The Labute approximate surface area is 99.1 Å². The van der Waals surface area contributed by atoms with E-state index in [1.165, 1.54) is 6.92 Å². The van der Waals surface area contributed by atoms with Gasteiger partial charge in [-0.25, -0.2) is 4.79 Å². The summed E-state index contributed by atoms with van der Waals surface area (Å²) >= 11 is 0. The first-order valence-corrected chi connectivity index (χ1v) is 5.25. The van der Waals surface area contributed by atoms with Crippen molar-refractivity contribution in [2.75, 3.05) is 6.54 Å². The summed E-state index contributed by atoms with van der Waals surface area (Å²) in [6.45, 7) is 1.84. The molecule has 1 rings (SSSR count). The number of carboxylic acid groups (broad SMARTS) is 1. The predicted molar refractivity (Wildman–Crippen MR) is 61.6 cm³/mol. The molecule has 6 nitrogen and oxygen atoms in total. The van der Waals surface area contributed by atoms with E-state index in [9.17, 15) is 9.59 Å². The molecule has 6 heteroatoms. The van der Waals surface area contributed by atoms with E-state index in [0.717, 1.165) is 5.56 Å². The number of urea groups is 1. The van der Waals surface area contributed by atoms with Crippen molar-refractivity contribution in [3.63, 3.8) is 0 Å². The lowest BCUT2D eigenvalue weighted by atomic mass is 10.2. The zero-order valence-electron chi connectivity index (χ0n) is 9.51. The number of aromatic nitrogens is 1. The zero-order valence-corrected chi connectivity index (χ0v) is 9.51. The van der Waals surface area contributed by atoms with Gasteiger partial charge in [0.25, 0.3) is 0 Å². The molecule has 0 saturated carbocycles. The van der Waals surface area contributed by atoms with Gasteiger partial charge < -0.3 is 15.7 Å². The first kappa shape index (κ1) is 13.0. The maximum absolute atomic E-state index is 11.2. The minimum Gasteiger partial charge on any atom is -0.480 e. The molecule has 0 radical (unpaired) electrons. The van der Waals surface area contributed by atoms with E-state index in [4.69, 9.17) is 5.11 Å². The molecule has 0 spiro atoms. The number of hydrogen-bond acceptors (Lipinski definition) is 3. The summed E-state index contributed by atoms with van der Waals surface area (Å²) in [5.74, 6) is -1.06. The van der Waals surface area contributed by atoms with Gasteiger partial charge in [0, 0.05) is 18.9 Å². The van der Waals surface area contributed by atoms with Crippen molar-refractivity contribution in [3.8, 4) is 0 Å². The van der Waals surface area contributed by atoms with Crippen LogP contribution in [0.25, 0.3) is 0 Å². The normalized spacial score (nSPS) is 11.6. The van der Waals surface area contributed by atoms with Gasteiger partial charge in [-0.2, -0.15) is 0 Å². The van der Waals surface area contributed by atoms with E-state index >= 15 is 0 Å². The van der Waals surface area contributed by atoms with Crippen LogP contribution in [0.15, 0.2) is 24.5 Å². The molecule has 0 unspecified atom stereocenters. The van der Waals surface area contributed by atoms with E-state index in [0.29, 0.717) is 13.0 Å². The van der Waals surface area contributed by atoms with E-state index in [-0.39, 0.29) is 0 Å². The lowest BCUT2D eigenvalue weighted by Gasteiger charge is -2.10. The molecule has 0 bridgehead atoms. The standard InChI is InChI=1S/C11H15N3O3/c1-8(10(15)16)14-11(17)13-6-4-9-3-2-5-12-7-9/h2-3,5,7-8H,4,6H2,1H3,(H,15,16)(H2,13,14,17)/t8-/m1/s1. The van der Waals surface area contributed by atoms with Crippen LogP contribution in [-0.4, -0.2) is 34.7 Å². The molecular weight excluding hydrogens is 222 g/mol. The molecule has 1 heterocycles.